The summed E-state index contributed by atoms with van der Waals surface area (Å²) in [6.45, 7) is 0.586. The van der Waals surface area contributed by atoms with Crippen molar-refractivity contribution >= 4 is 16.7 Å². The largest absolute Gasteiger partial charge is 0.360 e. The molecule has 100 valence electrons. The van der Waals surface area contributed by atoms with Crippen molar-refractivity contribution in [2.45, 2.75) is 25.2 Å². The molecule has 3 rings (SSSR count). The summed E-state index contributed by atoms with van der Waals surface area (Å²) in [6.07, 6.45) is 2.91. The number of hydrogen-bond acceptors (Lipinski definition) is 4. The fourth-order valence-corrected chi connectivity index (χ4v) is 2.55. The lowest BCUT2D eigenvalue weighted by molar-refractivity contribution is 0.580. The van der Waals surface area contributed by atoms with Crippen LogP contribution in [0.1, 0.15) is 30.1 Å². The van der Waals surface area contributed by atoms with E-state index in [0.29, 0.717) is 24.4 Å². The molecule has 0 aliphatic heterocycles. The molecule has 1 saturated carbocycles. The molecule has 1 aromatic heterocycles. The van der Waals surface area contributed by atoms with Crippen LogP contribution in [-0.4, -0.2) is 15.9 Å². The monoisotopic (exact) mass is 281 g/mol. The number of rotatable bonds is 5. The molecule has 19 heavy (non-hydrogen) atoms. The molecular formula is C13H13F2N3S. The van der Waals surface area contributed by atoms with E-state index in [1.165, 1.54) is 36.5 Å². The third-order valence-electron chi connectivity index (χ3n) is 3.00. The maximum Gasteiger partial charge on any atom is 0.202 e. The molecular weight excluding hydrogens is 268 g/mol. The molecule has 0 amide bonds. The van der Waals surface area contributed by atoms with Crippen molar-refractivity contribution in [2.75, 3.05) is 11.9 Å². The van der Waals surface area contributed by atoms with E-state index in [1.54, 1.807) is 0 Å². The number of nitrogens with zero attached hydrogens (tertiary/aromatic N) is 2. The maximum absolute atomic E-state index is 13.0. The van der Waals surface area contributed by atoms with Gasteiger partial charge in [-0.05, 0) is 37.0 Å². The van der Waals surface area contributed by atoms with Gasteiger partial charge in [0, 0.05) is 30.1 Å². The highest BCUT2D eigenvalue weighted by Gasteiger charge is 2.27. The number of aromatic nitrogens is 2. The first-order valence-corrected chi connectivity index (χ1v) is 7.00. The van der Waals surface area contributed by atoms with Gasteiger partial charge in [0.2, 0.25) is 5.13 Å². The summed E-state index contributed by atoms with van der Waals surface area (Å²) >= 11 is 1.34. The molecule has 1 N–H and O–H groups in total. The van der Waals surface area contributed by atoms with E-state index < -0.39 is 11.6 Å². The van der Waals surface area contributed by atoms with E-state index in [-0.39, 0.29) is 0 Å². The molecule has 0 spiro atoms. The molecule has 1 aliphatic rings. The minimum absolute atomic E-state index is 0.540. The highest BCUT2D eigenvalue weighted by atomic mass is 32.1. The van der Waals surface area contributed by atoms with E-state index in [1.807, 2.05) is 0 Å². The molecule has 0 saturated heterocycles. The lowest BCUT2D eigenvalue weighted by Crippen LogP contribution is -2.05. The quantitative estimate of drug-likeness (QED) is 0.913. The van der Waals surface area contributed by atoms with Gasteiger partial charge in [-0.15, -0.1) is 0 Å². The number of halogens is 2. The maximum atomic E-state index is 13.0. The van der Waals surface area contributed by atoms with Crippen molar-refractivity contribution in [3.63, 3.8) is 0 Å². The van der Waals surface area contributed by atoms with Crippen LogP contribution in [0.25, 0.3) is 0 Å². The molecule has 2 aromatic rings. The van der Waals surface area contributed by atoms with Gasteiger partial charge in [0.15, 0.2) is 0 Å². The summed E-state index contributed by atoms with van der Waals surface area (Å²) in [5.74, 6) is 0.386. The molecule has 0 unspecified atom stereocenters. The zero-order valence-electron chi connectivity index (χ0n) is 10.2. The second-order valence-electron chi connectivity index (χ2n) is 4.69. The zero-order valence-corrected chi connectivity index (χ0v) is 11.0. The highest BCUT2D eigenvalue weighted by molar-refractivity contribution is 7.09. The van der Waals surface area contributed by atoms with Crippen molar-refractivity contribution in [1.29, 1.82) is 0 Å². The summed E-state index contributed by atoms with van der Waals surface area (Å²) < 4.78 is 30.3. The SMILES string of the molecule is Fc1cc(F)cc(CCNc2nc(C3CC3)ns2)c1. The van der Waals surface area contributed by atoms with Crippen molar-refractivity contribution < 1.29 is 8.78 Å². The van der Waals surface area contributed by atoms with Gasteiger partial charge < -0.3 is 5.32 Å². The number of anilines is 1. The molecule has 3 nitrogen and oxygen atoms in total. The van der Waals surface area contributed by atoms with Crippen LogP contribution in [0.4, 0.5) is 13.9 Å². The van der Waals surface area contributed by atoms with Gasteiger partial charge in [0.05, 0.1) is 0 Å². The third kappa shape index (κ3) is 3.26. The van der Waals surface area contributed by atoms with Crippen LogP contribution in [0, 0.1) is 11.6 Å². The Labute approximate surface area is 113 Å². The van der Waals surface area contributed by atoms with Crippen LogP contribution >= 0.6 is 11.5 Å². The number of hydrogen-bond donors (Lipinski definition) is 1. The Kier molecular flexibility index (Phi) is 3.42. The standard InChI is InChI=1S/C13H13F2N3S/c14-10-5-8(6-11(15)7-10)3-4-16-13-17-12(18-19-13)9-1-2-9/h5-7,9H,1-4H2,(H,16,17,18). The fraction of sp³-hybridized carbons (Fsp3) is 0.385. The molecule has 1 aliphatic carbocycles. The first kappa shape index (κ1) is 12.5. The smallest absolute Gasteiger partial charge is 0.202 e. The van der Waals surface area contributed by atoms with Crippen molar-refractivity contribution in [2.24, 2.45) is 0 Å². The van der Waals surface area contributed by atoms with Gasteiger partial charge in [-0.2, -0.15) is 4.37 Å². The Morgan fingerprint density at radius 2 is 1.95 bits per heavy atom. The fourth-order valence-electron chi connectivity index (χ4n) is 1.88. The van der Waals surface area contributed by atoms with E-state index in [0.717, 1.165) is 17.0 Å². The first-order valence-electron chi connectivity index (χ1n) is 6.23. The van der Waals surface area contributed by atoms with Gasteiger partial charge in [0.1, 0.15) is 17.5 Å². The normalized spacial score (nSPS) is 14.6. The lowest BCUT2D eigenvalue weighted by Gasteiger charge is -2.03. The predicted molar refractivity (Wildman–Crippen MR) is 70.4 cm³/mol. The summed E-state index contributed by atoms with van der Waals surface area (Å²) in [5, 5.41) is 3.91. The summed E-state index contributed by atoms with van der Waals surface area (Å²) in [7, 11) is 0. The van der Waals surface area contributed by atoms with Crippen molar-refractivity contribution in [1.82, 2.24) is 9.36 Å². The van der Waals surface area contributed by atoms with Crippen LogP contribution in [-0.2, 0) is 6.42 Å². The zero-order chi connectivity index (χ0) is 13.2. The van der Waals surface area contributed by atoms with Gasteiger partial charge in [-0.25, -0.2) is 13.8 Å². The Balaban J connectivity index is 1.54. The van der Waals surface area contributed by atoms with E-state index >= 15 is 0 Å². The van der Waals surface area contributed by atoms with Gasteiger partial charge >= 0.3 is 0 Å². The summed E-state index contributed by atoms with van der Waals surface area (Å²) in [4.78, 5) is 4.39. The third-order valence-corrected chi connectivity index (χ3v) is 3.68. The molecule has 0 bridgehead atoms. The minimum atomic E-state index is -0.540. The van der Waals surface area contributed by atoms with E-state index in [9.17, 15) is 8.78 Å². The Bertz CT molecular complexity index is 561. The van der Waals surface area contributed by atoms with Crippen molar-refractivity contribution in [3.8, 4) is 0 Å². The molecule has 1 fully saturated rings. The van der Waals surface area contributed by atoms with Gasteiger partial charge in [-0.1, -0.05) is 0 Å². The second kappa shape index (κ2) is 5.21. The Morgan fingerprint density at radius 1 is 1.21 bits per heavy atom. The first-order chi connectivity index (χ1) is 9.20. The molecule has 6 heteroatoms. The van der Waals surface area contributed by atoms with Crippen molar-refractivity contribution in [3.05, 3.63) is 41.2 Å². The average Bonchev–Trinajstić information content (AvgIpc) is 3.09. The van der Waals surface area contributed by atoms with Crippen LogP contribution in [0.3, 0.4) is 0 Å². The second-order valence-corrected chi connectivity index (χ2v) is 5.44. The summed E-state index contributed by atoms with van der Waals surface area (Å²) in [5.41, 5.74) is 0.636. The highest BCUT2D eigenvalue weighted by Crippen LogP contribution is 2.39. The van der Waals surface area contributed by atoms with Crippen LogP contribution in [0.2, 0.25) is 0 Å². The number of nitrogens with one attached hydrogen (secondary N) is 1. The van der Waals surface area contributed by atoms with Crippen LogP contribution < -0.4 is 5.32 Å². The predicted octanol–water partition coefficient (Wildman–Crippen LogP) is 3.35. The van der Waals surface area contributed by atoms with Gasteiger partial charge in [0.25, 0.3) is 0 Å². The Hall–Kier alpha value is -1.56. The minimum Gasteiger partial charge on any atom is -0.360 e. The van der Waals surface area contributed by atoms with E-state index in [2.05, 4.69) is 14.7 Å². The molecule has 1 aromatic carbocycles. The topological polar surface area (TPSA) is 37.8 Å². The van der Waals surface area contributed by atoms with Gasteiger partial charge in [-0.3, -0.25) is 0 Å². The lowest BCUT2D eigenvalue weighted by atomic mass is 10.1. The average molecular weight is 281 g/mol. The van der Waals surface area contributed by atoms with E-state index in [4.69, 9.17) is 0 Å². The molecule has 1 heterocycles. The summed E-state index contributed by atoms with van der Waals surface area (Å²) in [6, 6.07) is 3.57. The molecule has 0 radical (unpaired) electrons. The van der Waals surface area contributed by atoms with Crippen LogP contribution in [0.15, 0.2) is 18.2 Å². The molecule has 0 atom stereocenters. The number of benzene rings is 1. The Morgan fingerprint density at radius 3 is 2.63 bits per heavy atom. The van der Waals surface area contributed by atoms with Crippen LogP contribution in [0.5, 0.6) is 0 Å².